The Morgan fingerprint density at radius 3 is 2.85 bits per heavy atom. The van der Waals surface area contributed by atoms with E-state index in [9.17, 15) is 0 Å². The first-order valence-electron chi connectivity index (χ1n) is 3.90. The van der Waals surface area contributed by atoms with Gasteiger partial charge in [-0.15, -0.1) is 0 Å². The Hall–Kier alpha value is -1.09. The minimum atomic E-state index is 0.657. The zero-order valence-electron chi connectivity index (χ0n) is 7.12. The van der Waals surface area contributed by atoms with Crippen molar-refractivity contribution >= 4 is 26.7 Å². The molecule has 2 nitrogen and oxygen atoms in total. The Balaban J connectivity index is 2.81. The summed E-state index contributed by atoms with van der Waals surface area (Å²) in [5.74, 6) is 0.657. The number of rotatable bonds is 1. The largest absolute Gasteiger partial charge is 0.481 e. The van der Waals surface area contributed by atoms with E-state index < -0.39 is 0 Å². The van der Waals surface area contributed by atoms with Crippen LogP contribution in [0.4, 0.5) is 0 Å². The van der Waals surface area contributed by atoms with Gasteiger partial charge in [0.2, 0.25) is 5.88 Å². The maximum absolute atomic E-state index is 5.17. The van der Waals surface area contributed by atoms with E-state index in [0.29, 0.717) is 5.88 Å². The number of methoxy groups -OCH3 is 1. The van der Waals surface area contributed by atoms with Crippen LogP contribution in [0.3, 0.4) is 0 Å². The van der Waals surface area contributed by atoms with Crippen molar-refractivity contribution in [3.8, 4) is 5.88 Å². The number of aromatic nitrogens is 1. The molecule has 0 N–H and O–H groups in total. The summed E-state index contributed by atoms with van der Waals surface area (Å²) >= 11 is 3.33. The van der Waals surface area contributed by atoms with Crippen LogP contribution in [0.25, 0.3) is 10.8 Å². The minimum absolute atomic E-state index is 0.657. The van der Waals surface area contributed by atoms with Crippen LogP contribution in [0, 0.1) is 0 Å². The lowest BCUT2D eigenvalue weighted by Crippen LogP contribution is -1.89. The van der Waals surface area contributed by atoms with E-state index in [4.69, 9.17) is 4.74 Å². The Kier molecular flexibility index (Phi) is 2.19. The number of halogens is 1. The second-order valence-electron chi connectivity index (χ2n) is 2.68. The number of nitrogens with zero attached hydrogens (tertiary/aromatic N) is 1. The third kappa shape index (κ3) is 1.52. The zero-order valence-corrected chi connectivity index (χ0v) is 8.71. The first kappa shape index (κ1) is 8.51. The normalized spacial score (nSPS) is 10.3. The van der Waals surface area contributed by atoms with Gasteiger partial charge in [-0.3, -0.25) is 0 Å². The predicted octanol–water partition coefficient (Wildman–Crippen LogP) is 3.01. The average Bonchev–Trinajstić information content (AvgIpc) is 2.16. The lowest BCUT2D eigenvalue weighted by molar-refractivity contribution is 0.402. The molecule has 1 heterocycles. The highest BCUT2D eigenvalue weighted by atomic mass is 79.9. The van der Waals surface area contributed by atoms with E-state index in [1.54, 1.807) is 7.11 Å². The highest BCUT2D eigenvalue weighted by Crippen LogP contribution is 2.25. The van der Waals surface area contributed by atoms with Crippen LogP contribution in [0.2, 0.25) is 0 Å². The summed E-state index contributed by atoms with van der Waals surface area (Å²) in [4.78, 5) is 4.21. The van der Waals surface area contributed by atoms with Gasteiger partial charge in [0.1, 0.15) is 4.60 Å². The van der Waals surface area contributed by atoms with Crippen molar-refractivity contribution in [2.75, 3.05) is 7.11 Å². The van der Waals surface area contributed by atoms with E-state index in [1.165, 1.54) is 0 Å². The van der Waals surface area contributed by atoms with Crippen molar-refractivity contribution in [3.05, 3.63) is 34.9 Å². The quantitative estimate of drug-likeness (QED) is 0.712. The summed E-state index contributed by atoms with van der Waals surface area (Å²) in [5.41, 5.74) is 0. The minimum Gasteiger partial charge on any atom is -0.481 e. The van der Waals surface area contributed by atoms with Crippen LogP contribution in [0.5, 0.6) is 5.88 Å². The van der Waals surface area contributed by atoms with Gasteiger partial charge in [-0.2, -0.15) is 0 Å². The van der Waals surface area contributed by atoms with Crippen LogP contribution in [0.15, 0.2) is 34.9 Å². The molecule has 0 aliphatic carbocycles. The van der Waals surface area contributed by atoms with Crippen LogP contribution < -0.4 is 4.74 Å². The second kappa shape index (κ2) is 3.34. The molecule has 0 unspecified atom stereocenters. The molecule has 1 aromatic heterocycles. The maximum atomic E-state index is 5.17. The van der Waals surface area contributed by atoms with Gasteiger partial charge in [0, 0.05) is 5.39 Å². The highest BCUT2D eigenvalue weighted by Gasteiger charge is 2.02. The summed E-state index contributed by atoms with van der Waals surface area (Å²) in [6.45, 7) is 0. The molecule has 0 aliphatic rings. The smallest absolute Gasteiger partial charge is 0.222 e. The molecule has 0 bridgehead atoms. The predicted molar refractivity (Wildman–Crippen MR) is 56.0 cm³/mol. The molecule has 0 saturated heterocycles. The third-order valence-corrected chi connectivity index (χ3v) is 2.27. The molecule has 1 aromatic carbocycles. The molecular weight excluding hydrogens is 230 g/mol. The molecule has 13 heavy (non-hydrogen) atoms. The third-order valence-electron chi connectivity index (χ3n) is 1.87. The molecule has 0 fully saturated rings. The standard InChI is InChI=1S/C10H8BrNO/c1-13-10-8-5-3-2-4-7(8)6-9(11)12-10/h2-6H,1H3. The van der Waals surface area contributed by atoms with Gasteiger partial charge in [-0.1, -0.05) is 18.2 Å². The highest BCUT2D eigenvalue weighted by molar-refractivity contribution is 9.10. The fourth-order valence-corrected chi connectivity index (χ4v) is 1.70. The molecule has 2 rings (SSSR count). The van der Waals surface area contributed by atoms with Crippen molar-refractivity contribution in [1.29, 1.82) is 0 Å². The van der Waals surface area contributed by atoms with Gasteiger partial charge in [0.05, 0.1) is 7.11 Å². The first-order valence-corrected chi connectivity index (χ1v) is 4.70. The lowest BCUT2D eigenvalue weighted by Gasteiger charge is -2.04. The topological polar surface area (TPSA) is 22.1 Å². The van der Waals surface area contributed by atoms with Crippen LogP contribution in [0.1, 0.15) is 0 Å². The van der Waals surface area contributed by atoms with Crippen LogP contribution >= 0.6 is 15.9 Å². The number of pyridine rings is 1. The number of fused-ring (bicyclic) bond motifs is 1. The van der Waals surface area contributed by atoms with Gasteiger partial charge in [0.15, 0.2) is 0 Å². The number of benzene rings is 1. The van der Waals surface area contributed by atoms with E-state index >= 15 is 0 Å². The van der Waals surface area contributed by atoms with Crippen LogP contribution in [-0.4, -0.2) is 12.1 Å². The van der Waals surface area contributed by atoms with E-state index in [1.807, 2.05) is 30.3 Å². The maximum Gasteiger partial charge on any atom is 0.222 e. The van der Waals surface area contributed by atoms with E-state index in [-0.39, 0.29) is 0 Å². The molecule has 0 spiro atoms. The molecule has 3 heteroatoms. The van der Waals surface area contributed by atoms with Gasteiger partial charge in [0.25, 0.3) is 0 Å². The lowest BCUT2D eigenvalue weighted by atomic mass is 10.2. The Morgan fingerprint density at radius 1 is 1.31 bits per heavy atom. The average molecular weight is 238 g/mol. The Labute approximate surface area is 84.7 Å². The van der Waals surface area contributed by atoms with E-state index in [0.717, 1.165) is 15.4 Å². The number of hydrogen-bond donors (Lipinski definition) is 0. The first-order chi connectivity index (χ1) is 6.31. The summed E-state index contributed by atoms with van der Waals surface area (Å²) < 4.78 is 5.96. The monoisotopic (exact) mass is 237 g/mol. The van der Waals surface area contributed by atoms with Crippen molar-refractivity contribution < 1.29 is 4.74 Å². The van der Waals surface area contributed by atoms with Crippen molar-refractivity contribution in [1.82, 2.24) is 4.98 Å². The summed E-state index contributed by atoms with van der Waals surface area (Å²) in [6, 6.07) is 9.96. The second-order valence-corrected chi connectivity index (χ2v) is 3.49. The number of ether oxygens (including phenoxy) is 1. The van der Waals surface area contributed by atoms with Crippen LogP contribution in [-0.2, 0) is 0 Å². The van der Waals surface area contributed by atoms with Gasteiger partial charge in [-0.05, 0) is 33.4 Å². The van der Waals surface area contributed by atoms with Crippen molar-refractivity contribution in [3.63, 3.8) is 0 Å². The molecular formula is C10H8BrNO. The fourth-order valence-electron chi connectivity index (χ4n) is 1.29. The Bertz CT molecular complexity index is 442. The molecule has 2 aromatic rings. The SMILES string of the molecule is COc1nc(Br)cc2ccccc12. The molecule has 0 aliphatic heterocycles. The van der Waals surface area contributed by atoms with Gasteiger partial charge < -0.3 is 4.74 Å². The van der Waals surface area contributed by atoms with Gasteiger partial charge in [-0.25, -0.2) is 4.98 Å². The van der Waals surface area contributed by atoms with Crippen molar-refractivity contribution in [2.45, 2.75) is 0 Å². The molecule has 0 amide bonds. The molecule has 0 atom stereocenters. The molecule has 0 saturated carbocycles. The summed E-state index contributed by atoms with van der Waals surface area (Å²) in [7, 11) is 1.63. The zero-order chi connectivity index (χ0) is 9.26. The number of hydrogen-bond acceptors (Lipinski definition) is 2. The fraction of sp³-hybridized carbons (Fsp3) is 0.100. The van der Waals surface area contributed by atoms with Gasteiger partial charge >= 0.3 is 0 Å². The Morgan fingerprint density at radius 2 is 2.08 bits per heavy atom. The molecule has 0 radical (unpaired) electrons. The molecule has 66 valence electrons. The van der Waals surface area contributed by atoms with Crippen molar-refractivity contribution in [2.24, 2.45) is 0 Å². The van der Waals surface area contributed by atoms with E-state index in [2.05, 4.69) is 20.9 Å². The summed E-state index contributed by atoms with van der Waals surface area (Å²) in [6.07, 6.45) is 0. The summed E-state index contributed by atoms with van der Waals surface area (Å²) in [5, 5.41) is 2.16.